The Kier molecular flexibility index (Phi) is 9.69. The third-order valence-corrected chi connectivity index (χ3v) is 5.99. The van der Waals surface area contributed by atoms with Crippen LogP contribution in [-0.4, -0.2) is 65.0 Å². The van der Waals surface area contributed by atoms with Gasteiger partial charge < -0.3 is 20.1 Å². The second-order valence-electron chi connectivity index (χ2n) is 6.12. The van der Waals surface area contributed by atoms with E-state index in [9.17, 15) is 27.6 Å². The van der Waals surface area contributed by atoms with Crippen LogP contribution in [0.4, 0.5) is 0 Å². The lowest BCUT2D eigenvalue weighted by molar-refractivity contribution is -0.144. The first-order valence-corrected chi connectivity index (χ1v) is 10.8. The van der Waals surface area contributed by atoms with Crippen LogP contribution in [0.2, 0.25) is 10.0 Å². The molecule has 0 heterocycles. The largest absolute Gasteiger partial charge is 0.467 e. The third-order valence-electron chi connectivity index (χ3n) is 3.81. The zero-order chi connectivity index (χ0) is 23.9. The zero-order valence-corrected chi connectivity index (χ0v) is 19.3. The van der Waals surface area contributed by atoms with Crippen LogP contribution in [0.15, 0.2) is 17.0 Å². The van der Waals surface area contributed by atoms with Crippen molar-refractivity contribution in [1.82, 2.24) is 15.4 Å². The number of carbonyl (C=O) groups is 4. The number of nitrogens with one attached hydrogen (secondary N) is 3. The van der Waals surface area contributed by atoms with E-state index in [1.54, 1.807) is 0 Å². The van der Waals surface area contributed by atoms with Crippen LogP contribution in [0.5, 0.6) is 0 Å². The molecule has 0 saturated carbocycles. The molecule has 1 rings (SSSR count). The zero-order valence-electron chi connectivity index (χ0n) is 16.9. The molecule has 11 nitrogen and oxygen atoms in total. The van der Waals surface area contributed by atoms with Crippen molar-refractivity contribution in [3.05, 3.63) is 27.7 Å². The van der Waals surface area contributed by atoms with Crippen LogP contribution < -0.4 is 15.4 Å². The third kappa shape index (κ3) is 7.35. The number of rotatable bonds is 9. The number of carbonyl (C=O) groups excluding carboxylic acids is 4. The van der Waals surface area contributed by atoms with E-state index in [2.05, 4.69) is 20.1 Å². The fourth-order valence-corrected chi connectivity index (χ4v) is 4.02. The van der Waals surface area contributed by atoms with E-state index < -0.39 is 57.3 Å². The van der Waals surface area contributed by atoms with Gasteiger partial charge in [-0.1, -0.05) is 23.2 Å². The lowest BCUT2D eigenvalue weighted by atomic mass is 10.2. The van der Waals surface area contributed by atoms with Gasteiger partial charge in [0.15, 0.2) is 0 Å². The number of hydrogen-bond acceptors (Lipinski definition) is 8. The van der Waals surface area contributed by atoms with Crippen molar-refractivity contribution in [2.24, 2.45) is 0 Å². The molecule has 2 atom stereocenters. The summed E-state index contributed by atoms with van der Waals surface area (Å²) < 4.78 is 36.1. The molecule has 172 valence electrons. The quantitative estimate of drug-likeness (QED) is 0.409. The number of methoxy groups -OCH3 is 2. The molecule has 2 unspecified atom stereocenters. The lowest BCUT2D eigenvalue weighted by Crippen LogP contribution is -2.44. The average molecular weight is 498 g/mol. The SMILES string of the molecule is COC(=O)C(C)NC(=O)CNS(=O)(=O)c1cc(C(=O)NC(C)C(=O)OC)c(Cl)cc1Cl. The molecule has 0 aliphatic carbocycles. The maximum Gasteiger partial charge on any atom is 0.328 e. The molecule has 0 aliphatic rings. The average Bonchev–Trinajstić information content (AvgIpc) is 2.70. The normalized spacial score (nSPS) is 13.0. The number of benzene rings is 1. The van der Waals surface area contributed by atoms with E-state index in [1.807, 2.05) is 4.72 Å². The van der Waals surface area contributed by atoms with Gasteiger partial charge in [-0.15, -0.1) is 0 Å². The number of sulfonamides is 1. The number of amides is 2. The van der Waals surface area contributed by atoms with Gasteiger partial charge in [-0.3, -0.25) is 9.59 Å². The molecular weight excluding hydrogens is 477 g/mol. The highest BCUT2D eigenvalue weighted by Crippen LogP contribution is 2.28. The van der Waals surface area contributed by atoms with Gasteiger partial charge in [0.25, 0.3) is 5.91 Å². The van der Waals surface area contributed by atoms with Gasteiger partial charge in [0.05, 0.1) is 36.4 Å². The summed E-state index contributed by atoms with van der Waals surface area (Å²) in [6.07, 6.45) is 0. The lowest BCUT2D eigenvalue weighted by Gasteiger charge is -2.15. The Balaban J connectivity index is 3.03. The highest BCUT2D eigenvalue weighted by Gasteiger charge is 2.25. The first kappa shape index (κ1) is 26.6. The van der Waals surface area contributed by atoms with E-state index in [-0.39, 0.29) is 15.6 Å². The summed E-state index contributed by atoms with van der Waals surface area (Å²) in [5.41, 5.74) is -0.272. The highest BCUT2D eigenvalue weighted by molar-refractivity contribution is 7.89. The number of ether oxygens (including phenoxy) is 2. The molecule has 0 aromatic heterocycles. The maximum absolute atomic E-state index is 12.6. The predicted octanol–water partition coefficient (Wildman–Crippen LogP) is 0.241. The molecule has 1 aromatic carbocycles. The van der Waals surface area contributed by atoms with Crippen LogP contribution in [0.1, 0.15) is 24.2 Å². The summed E-state index contributed by atoms with van der Waals surface area (Å²) in [4.78, 5) is 46.5. The van der Waals surface area contributed by atoms with E-state index in [1.165, 1.54) is 13.8 Å². The molecule has 0 saturated heterocycles. The Labute approximate surface area is 188 Å². The first-order chi connectivity index (χ1) is 14.3. The fourth-order valence-electron chi connectivity index (χ4n) is 2.19. The van der Waals surface area contributed by atoms with Crippen molar-refractivity contribution in [3.63, 3.8) is 0 Å². The van der Waals surface area contributed by atoms with Gasteiger partial charge in [0.2, 0.25) is 15.9 Å². The molecule has 0 bridgehead atoms. The molecule has 2 amide bonds. The standard InChI is InChI=1S/C17H21Cl2N3O8S/c1-8(16(25)29-3)21-14(23)7-20-31(27,28)13-5-10(11(18)6-12(13)19)15(24)22-9(2)17(26)30-4/h5-6,8-9,20H,7H2,1-4H3,(H,21,23)(H,22,24). The summed E-state index contributed by atoms with van der Waals surface area (Å²) in [7, 11) is -2.09. The van der Waals surface area contributed by atoms with E-state index in [0.29, 0.717) is 0 Å². The summed E-state index contributed by atoms with van der Waals surface area (Å²) in [5, 5.41) is 4.08. The Morgan fingerprint density at radius 1 is 0.935 bits per heavy atom. The van der Waals surface area contributed by atoms with Crippen LogP contribution in [0.25, 0.3) is 0 Å². The van der Waals surface area contributed by atoms with Crippen LogP contribution in [0, 0.1) is 0 Å². The number of hydrogen-bond donors (Lipinski definition) is 3. The predicted molar refractivity (Wildman–Crippen MR) is 110 cm³/mol. The minimum Gasteiger partial charge on any atom is -0.467 e. The van der Waals surface area contributed by atoms with Gasteiger partial charge in [-0.25, -0.2) is 22.7 Å². The van der Waals surface area contributed by atoms with Crippen LogP contribution >= 0.6 is 23.2 Å². The number of esters is 2. The Morgan fingerprint density at radius 2 is 1.45 bits per heavy atom. The first-order valence-electron chi connectivity index (χ1n) is 8.58. The second-order valence-corrected chi connectivity index (χ2v) is 8.67. The summed E-state index contributed by atoms with van der Waals surface area (Å²) >= 11 is 11.9. The summed E-state index contributed by atoms with van der Waals surface area (Å²) in [5.74, 6) is -3.09. The van der Waals surface area contributed by atoms with Crippen molar-refractivity contribution in [2.45, 2.75) is 30.8 Å². The van der Waals surface area contributed by atoms with Crippen molar-refractivity contribution < 1.29 is 37.1 Å². The number of halogens is 2. The van der Waals surface area contributed by atoms with Gasteiger partial charge in [-0.05, 0) is 26.0 Å². The van der Waals surface area contributed by atoms with Gasteiger partial charge in [0, 0.05) is 0 Å². The minimum absolute atomic E-state index is 0.164. The van der Waals surface area contributed by atoms with Crippen molar-refractivity contribution >= 4 is 57.0 Å². The molecular formula is C17H21Cl2N3O8S. The van der Waals surface area contributed by atoms with E-state index in [0.717, 1.165) is 26.4 Å². The molecule has 0 aliphatic heterocycles. The monoisotopic (exact) mass is 497 g/mol. The van der Waals surface area contributed by atoms with Crippen LogP contribution in [0.3, 0.4) is 0 Å². The fraction of sp³-hybridized carbons (Fsp3) is 0.412. The Morgan fingerprint density at radius 3 is 1.97 bits per heavy atom. The van der Waals surface area contributed by atoms with Crippen molar-refractivity contribution in [2.75, 3.05) is 20.8 Å². The molecule has 0 radical (unpaired) electrons. The minimum atomic E-state index is -4.36. The molecule has 0 fully saturated rings. The summed E-state index contributed by atoms with van der Waals surface area (Å²) in [6, 6.07) is -0.0769. The van der Waals surface area contributed by atoms with Crippen molar-refractivity contribution in [3.8, 4) is 0 Å². The topological polar surface area (TPSA) is 157 Å². The molecule has 3 N–H and O–H groups in total. The van der Waals surface area contributed by atoms with Crippen LogP contribution in [-0.2, 0) is 33.9 Å². The smallest absolute Gasteiger partial charge is 0.328 e. The van der Waals surface area contributed by atoms with Gasteiger partial charge >= 0.3 is 11.9 Å². The van der Waals surface area contributed by atoms with Crippen molar-refractivity contribution in [1.29, 1.82) is 0 Å². The molecule has 1 aromatic rings. The van der Waals surface area contributed by atoms with E-state index >= 15 is 0 Å². The summed E-state index contributed by atoms with van der Waals surface area (Å²) in [6.45, 7) is 2.00. The molecule has 31 heavy (non-hydrogen) atoms. The molecule has 0 spiro atoms. The van der Waals surface area contributed by atoms with Gasteiger partial charge in [-0.2, -0.15) is 0 Å². The maximum atomic E-state index is 12.6. The van der Waals surface area contributed by atoms with Gasteiger partial charge in [0.1, 0.15) is 17.0 Å². The highest BCUT2D eigenvalue weighted by atomic mass is 35.5. The molecule has 14 heteroatoms. The van der Waals surface area contributed by atoms with E-state index in [4.69, 9.17) is 23.2 Å². The Bertz CT molecular complexity index is 984. The Hall–Kier alpha value is -2.41. The second kappa shape index (κ2) is 11.3.